The third-order valence-electron chi connectivity index (χ3n) is 3.74. The van der Waals surface area contributed by atoms with E-state index in [1.165, 1.54) is 6.21 Å². The topological polar surface area (TPSA) is 106 Å². The van der Waals surface area contributed by atoms with Crippen LogP contribution in [0.2, 0.25) is 5.02 Å². The van der Waals surface area contributed by atoms with E-state index < -0.39 is 11.9 Å². The normalized spacial score (nSPS) is 10.5. The van der Waals surface area contributed by atoms with Gasteiger partial charge in [-0.05, 0) is 58.7 Å². The zero-order valence-electron chi connectivity index (χ0n) is 16.7. The Hall–Kier alpha value is -2.91. The first-order valence-electron chi connectivity index (χ1n) is 9.33. The lowest BCUT2D eigenvalue weighted by molar-refractivity contribution is -0.145. The summed E-state index contributed by atoms with van der Waals surface area (Å²) in [5.41, 5.74) is 3.55. The maximum absolute atomic E-state index is 11.9. The third kappa shape index (κ3) is 8.77. The highest BCUT2D eigenvalue weighted by Crippen LogP contribution is 2.25. The van der Waals surface area contributed by atoms with E-state index >= 15 is 0 Å². The second kappa shape index (κ2) is 12.7. The van der Waals surface area contributed by atoms with Crippen molar-refractivity contribution in [3.8, 4) is 5.75 Å². The van der Waals surface area contributed by atoms with Crippen molar-refractivity contribution in [2.75, 3.05) is 18.5 Å². The maximum Gasteiger partial charge on any atom is 0.344 e. The first-order chi connectivity index (χ1) is 14.9. The Kier molecular flexibility index (Phi) is 9.99. The van der Waals surface area contributed by atoms with Crippen LogP contribution in [0.4, 0.5) is 5.69 Å². The second-order valence-corrected chi connectivity index (χ2v) is 7.37. The van der Waals surface area contributed by atoms with Crippen LogP contribution in [0, 0.1) is 0 Å². The summed E-state index contributed by atoms with van der Waals surface area (Å²) in [6.45, 7) is 1.81. The van der Waals surface area contributed by atoms with Crippen LogP contribution in [0.15, 0.2) is 52.0 Å². The number of anilines is 1. The molecule has 2 N–H and O–H groups in total. The Morgan fingerprint density at radius 3 is 2.58 bits per heavy atom. The fourth-order valence-electron chi connectivity index (χ4n) is 2.29. The Morgan fingerprint density at radius 2 is 1.87 bits per heavy atom. The molecule has 0 saturated carbocycles. The van der Waals surface area contributed by atoms with Gasteiger partial charge >= 0.3 is 5.97 Å². The van der Waals surface area contributed by atoms with E-state index in [2.05, 4.69) is 31.8 Å². The Bertz CT molecular complexity index is 968. The van der Waals surface area contributed by atoms with Gasteiger partial charge < -0.3 is 14.8 Å². The van der Waals surface area contributed by atoms with Crippen LogP contribution in [-0.2, 0) is 19.1 Å². The Morgan fingerprint density at radius 1 is 1.13 bits per heavy atom. The largest absolute Gasteiger partial charge is 0.481 e. The van der Waals surface area contributed by atoms with Crippen molar-refractivity contribution in [1.29, 1.82) is 0 Å². The molecule has 0 saturated heterocycles. The lowest BCUT2D eigenvalue weighted by atomic mass is 10.2. The van der Waals surface area contributed by atoms with Crippen molar-refractivity contribution in [3.05, 3.63) is 57.5 Å². The molecule has 0 unspecified atom stereocenters. The third-order valence-corrected chi connectivity index (χ3v) is 4.69. The van der Waals surface area contributed by atoms with Gasteiger partial charge in [0.1, 0.15) is 5.75 Å². The number of hydrazone groups is 1. The fourth-order valence-corrected chi connectivity index (χ4v) is 2.98. The van der Waals surface area contributed by atoms with Crippen LogP contribution in [0.1, 0.15) is 25.3 Å². The molecule has 2 aromatic carbocycles. The molecule has 0 atom stereocenters. The van der Waals surface area contributed by atoms with Gasteiger partial charge in [0.05, 0.1) is 28.0 Å². The summed E-state index contributed by atoms with van der Waals surface area (Å²) in [5.74, 6) is -0.712. The van der Waals surface area contributed by atoms with Crippen molar-refractivity contribution in [3.63, 3.8) is 0 Å². The number of nitrogens with one attached hydrogen (secondary N) is 2. The van der Waals surface area contributed by atoms with Crippen molar-refractivity contribution in [2.24, 2.45) is 5.10 Å². The summed E-state index contributed by atoms with van der Waals surface area (Å²) < 4.78 is 10.8. The summed E-state index contributed by atoms with van der Waals surface area (Å²) in [4.78, 5) is 35.2. The highest BCUT2D eigenvalue weighted by atomic mass is 79.9. The number of nitrogens with zero attached hydrogens (tertiary/aromatic N) is 1. The predicted octanol–water partition coefficient (Wildman–Crippen LogP) is 3.91. The van der Waals surface area contributed by atoms with Crippen LogP contribution in [0.5, 0.6) is 5.75 Å². The van der Waals surface area contributed by atoms with Crippen molar-refractivity contribution < 1.29 is 23.9 Å². The molecule has 0 spiro atoms. The number of hydrogen-bond donors (Lipinski definition) is 2. The summed E-state index contributed by atoms with van der Waals surface area (Å²) in [7, 11) is 0. The number of rotatable bonds is 10. The molecule has 0 aliphatic carbocycles. The molecule has 0 aliphatic heterocycles. The molecule has 0 fully saturated rings. The summed E-state index contributed by atoms with van der Waals surface area (Å²) >= 11 is 9.33. The van der Waals surface area contributed by atoms with Gasteiger partial charge in [0.2, 0.25) is 11.8 Å². The van der Waals surface area contributed by atoms with E-state index in [9.17, 15) is 14.4 Å². The average molecular weight is 511 g/mol. The summed E-state index contributed by atoms with van der Waals surface area (Å²) in [6.07, 6.45) is 1.41. The molecule has 8 nitrogen and oxygen atoms in total. The smallest absolute Gasteiger partial charge is 0.344 e. The van der Waals surface area contributed by atoms with E-state index in [1.54, 1.807) is 49.4 Å². The van der Waals surface area contributed by atoms with E-state index in [1.807, 2.05) is 0 Å². The summed E-state index contributed by atoms with van der Waals surface area (Å²) in [6, 6.07) is 11.9. The van der Waals surface area contributed by atoms with Crippen molar-refractivity contribution >= 4 is 57.2 Å². The SMILES string of the molecule is CCOC(=O)COc1ccc(C=NNC(=O)CCC(=O)Nc2ccccc2Cl)cc1Br. The number of hydrogen-bond acceptors (Lipinski definition) is 6. The molecule has 0 aromatic heterocycles. The van der Waals surface area contributed by atoms with E-state index in [0.29, 0.717) is 26.5 Å². The minimum absolute atomic E-state index is 0.00930. The average Bonchev–Trinajstić information content (AvgIpc) is 2.73. The molecule has 10 heteroatoms. The van der Waals surface area contributed by atoms with E-state index in [-0.39, 0.29) is 32.0 Å². The number of amides is 2. The molecule has 0 radical (unpaired) electrons. The highest BCUT2D eigenvalue weighted by Gasteiger charge is 2.09. The van der Waals surface area contributed by atoms with Gasteiger partial charge in [-0.1, -0.05) is 23.7 Å². The number of para-hydroxylation sites is 1. The second-order valence-electron chi connectivity index (χ2n) is 6.10. The van der Waals surface area contributed by atoms with E-state index in [4.69, 9.17) is 21.1 Å². The van der Waals surface area contributed by atoms with Gasteiger partial charge in [-0.2, -0.15) is 5.10 Å². The Balaban J connectivity index is 1.76. The predicted molar refractivity (Wildman–Crippen MR) is 121 cm³/mol. The zero-order chi connectivity index (χ0) is 22.6. The quantitative estimate of drug-likeness (QED) is 0.286. The molecule has 2 aromatic rings. The van der Waals surface area contributed by atoms with Crippen LogP contribution < -0.4 is 15.5 Å². The van der Waals surface area contributed by atoms with Crippen LogP contribution in [-0.4, -0.2) is 37.2 Å². The standard InChI is InChI=1S/C21H21BrClN3O5/c1-2-30-21(29)13-31-18-8-7-14(11-15(18)22)12-24-26-20(28)10-9-19(27)25-17-6-4-3-5-16(17)23/h3-8,11-12H,2,9-10,13H2,1H3,(H,25,27)(H,26,28). The van der Waals surface area contributed by atoms with Gasteiger partial charge in [0.15, 0.2) is 6.61 Å². The molecule has 31 heavy (non-hydrogen) atoms. The van der Waals surface area contributed by atoms with Crippen molar-refractivity contribution in [1.82, 2.24) is 5.43 Å². The zero-order valence-corrected chi connectivity index (χ0v) is 19.0. The molecule has 0 heterocycles. The number of esters is 1. The first-order valence-corrected chi connectivity index (χ1v) is 10.5. The molecule has 164 valence electrons. The molecule has 2 rings (SSSR count). The highest BCUT2D eigenvalue weighted by molar-refractivity contribution is 9.10. The monoisotopic (exact) mass is 509 g/mol. The van der Waals surface area contributed by atoms with E-state index in [0.717, 1.165) is 0 Å². The maximum atomic E-state index is 11.9. The molecular weight excluding hydrogens is 490 g/mol. The number of carbonyl (C=O) groups is 3. The fraction of sp³-hybridized carbons (Fsp3) is 0.238. The molecule has 0 aliphatic rings. The Labute approximate surface area is 193 Å². The minimum atomic E-state index is -0.455. The van der Waals surface area contributed by atoms with Crippen LogP contribution in [0.3, 0.4) is 0 Å². The van der Waals surface area contributed by atoms with Gasteiger partial charge in [0.25, 0.3) is 0 Å². The van der Waals surface area contributed by atoms with Gasteiger partial charge in [-0.15, -0.1) is 0 Å². The first kappa shape index (κ1) is 24.4. The number of carbonyl (C=O) groups excluding carboxylic acids is 3. The van der Waals surface area contributed by atoms with Gasteiger partial charge in [-0.3, -0.25) is 9.59 Å². The summed E-state index contributed by atoms with van der Waals surface area (Å²) in [5, 5.41) is 6.95. The van der Waals surface area contributed by atoms with Crippen LogP contribution in [0.25, 0.3) is 0 Å². The number of ether oxygens (including phenoxy) is 2. The number of halogens is 2. The molecular formula is C21H21BrClN3O5. The number of benzene rings is 2. The van der Waals surface area contributed by atoms with Crippen LogP contribution >= 0.6 is 27.5 Å². The van der Waals surface area contributed by atoms with Gasteiger partial charge in [-0.25, -0.2) is 10.2 Å². The molecule has 2 amide bonds. The minimum Gasteiger partial charge on any atom is -0.481 e. The lowest BCUT2D eigenvalue weighted by Crippen LogP contribution is -2.20. The van der Waals surface area contributed by atoms with Crippen molar-refractivity contribution in [2.45, 2.75) is 19.8 Å². The molecule has 0 bridgehead atoms. The van der Waals surface area contributed by atoms with Gasteiger partial charge in [0, 0.05) is 12.8 Å². The lowest BCUT2D eigenvalue weighted by Gasteiger charge is -2.08.